The number of pyridine rings is 1. The molecule has 0 radical (unpaired) electrons. The van der Waals surface area contributed by atoms with E-state index in [-0.39, 0.29) is 11.9 Å². The highest BCUT2D eigenvalue weighted by Crippen LogP contribution is 2.35. The van der Waals surface area contributed by atoms with Gasteiger partial charge in [-0.1, -0.05) is 13.0 Å². The highest BCUT2D eigenvalue weighted by atomic mass is 32.1. The van der Waals surface area contributed by atoms with Crippen LogP contribution in [-0.4, -0.2) is 20.9 Å². The molecule has 148 valence electrons. The van der Waals surface area contributed by atoms with E-state index < -0.39 is 0 Å². The van der Waals surface area contributed by atoms with Crippen molar-refractivity contribution in [1.29, 1.82) is 0 Å². The Morgan fingerprint density at radius 3 is 2.76 bits per heavy atom. The van der Waals surface area contributed by atoms with Crippen LogP contribution < -0.4 is 10.6 Å². The SMILES string of the molecule is CCC(Nc1ncnc2sc(C(=O)NCc3ccncc3)c(C)c12)c1cccs1. The molecule has 6 nitrogen and oxygen atoms in total. The number of rotatable bonds is 7. The lowest BCUT2D eigenvalue weighted by atomic mass is 10.1. The Labute approximate surface area is 177 Å². The summed E-state index contributed by atoms with van der Waals surface area (Å²) in [4.78, 5) is 28.4. The van der Waals surface area contributed by atoms with E-state index in [9.17, 15) is 4.79 Å². The molecule has 0 saturated heterocycles. The minimum absolute atomic E-state index is 0.0986. The van der Waals surface area contributed by atoms with E-state index in [1.165, 1.54) is 16.2 Å². The predicted molar refractivity (Wildman–Crippen MR) is 119 cm³/mol. The van der Waals surface area contributed by atoms with Crippen LogP contribution in [0.5, 0.6) is 0 Å². The van der Waals surface area contributed by atoms with E-state index in [0.29, 0.717) is 11.4 Å². The van der Waals surface area contributed by atoms with Crippen LogP contribution in [0, 0.1) is 6.92 Å². The predicted octanol–water partition coefficient (Wildman–Crippen LogP) is 4.95. The van der Waals surface area contributed by atoms with Gasteiger partial charge in [0.2, 0.25) is 0 Å². The third-order valence-electron chi connectivity index (χ3n) is 4.74. The second-order valence-electron chi connectivity index (χ2n) is 6.62. The highest BCUT2D eigenvalue weighted by molar-refractivity contribution is 7.20. The molecule has 29 heavy (non-hydrogen) atoms. The molecule has 1 unspecified atom stereocenters. The Bertz CT molecular complexity index is 1110. The second-order valence-corrected chi connectivity index (χ2v) is 8.60. The van der Waals surface area contributed by atoms with E-state index >= 15 is 0 Å². The summed E-state index contributed by atoms with van der Waals surface area (Å²) >= 11 is 3.13. The number of anilines is 1. The number of aryl methyl sites for hydroxylation is 1. The van der Waals surface area contributed by atoms with Gasteiger partial charge in [-0.05, 0) is 48.1 Å². The monoisotopic (exact) mass is 423 g/mol. The quantitative estimate of drug-likeness (QED) is 0.440. The van der Waals surface area contributed by atoms with Crippen molar-refractivity contribution in [3.8, 4) is 0 Å². The molecular weight excluding hydrogens is 402 g/mol. The number of amides is 1. The normalized spacial score (nSPS) is 12.1. The van der Waals surface area contributed by atoms with Gasteiger partial charge in [0.05, 0.1) is 16.3 Å². The zero-order chi connectivity index (χ0) is 20.2. The maximum absolute atomic E-state index is 12.8. The number of aromatic nitrogens is 3. The summed E-state index contributed by atoms with van der Waals surface area (Å²) in [5, 5.41) is 9.54. The van der Waals surface area contributed by atoms with Crippen molar-refractivity contribution in [2.24, 2.45) is 0 Å². The molecule has 4 aromatic heterocycles. The third-order valence-corrected chi connectivity index (χ3v) is 6.93. The van der Waals surface area contributed by atoms with E-state index in [1.54, 1.807) is 30.1 Å². The van der Waals surface area contributed by atoms with E-state index in [4.69, 9.17) is 0 Å². The first-order valence-corrected chi connectivity index (χ1v) is 11.1. The molecule has 1 atom stereocenters. The van der Waals surface area contributed by atoms with Gasteiger partial charge in [-0.2, -0.15) is 0 Å². The fraction of sp³-hybridized carbons (Fsp3) is 0.238. The molecule has 1 amide bonds. The number of hydrogen-bond acceptors (Lipinski definition) is 7. The average molecular weight is 424 g/mol. The van der Waals surface area contributed by atoms with Crippen LogP contribution >= 0.6 is 22.7 Å². The number of carbonyl (C=O) groups excluding carboxylic acids is 1. The molecule has 0 aliphatic carbocycles. The molecule has 8 heteroatoms. The van der Waals surface area contributed by atoms with Crippen molar-refractivity contribution < 1.29 is 4.79 Å². The van der Waals surface area contributed by atoms with E-state index in [1.807, 2.05) is 19.1 Å². The van der Waals surface area contributed by atoms with Gasteiger partial charge in [-0.25, -0.2) is 9.97 Å². The van der Waals surface area contributed by atoms with Gasteiger partial charge >= 0.3 is 0 Å². The van der Waals surface area contributed by atoms with Crippen LogP contribution in [0.25, 0.3) is 10.2 Å². The molecule has 4 rings (SSSR count). The topological polar surface area (TPSA) is 79.8 Å². The summed E-state index contributed by atoms with van der Waals surface area (Å²) in [6, 6.07) is 8.14. The number of nitrogens with one attached hydrogen (secondary N) is 2. The molecule has 0 bridgehead atoms. The molecular formula is C21H21N5OS2. The number of fused-ring (bicyclic) bond motifs is 1. The van der Waals surface area contributed by atoms with Crippen molar-refractivity contribution in [1.82, 2.24) is 20.3 Å². The summed E-state index contributed by atoms with van der Waals surface area (Å²) in [6.07, 6.45) is 5.93. The fourth-order valence-electron chi connectivity index (χ4n) is 3.19. The lowest BCUT2D eigenvalue weighted by Crippen LogP contribution is -2.22. The third kappa shape index (κ3) is 4.13. The summed E-state index contributed by atoms with van der Waals surface area (Å²) in [6.45, 7) is 4.57. The van der Waals surface area contributed by atoms with Crippen molar-refractivity contribution in [3.63, 3.8) is 0 Å². The molecule has 0 spiro atoms. The molecule has 4 heterocycles. The van der Waals surface area contributed by atoms with Gasteiger partial charge in [0.25, 0.3) is 5.91 Å². The van der Waals surface area contributed by atoms with Crippen LogP contribution in [0.15, 0.2) is 48.4 Å². The van der Waals surface area contributed by atoms with E-state index in [2.05, 4.69) is 50.0 Å². The van der Waals surface area contributed by atoms with Gasteiger partial charge < -0.3 is 10.6 Å². The Hall–Kier alpha value is -2.84. The van der Waals surface area contributed by atoms with Crippen LogP contribution in [0.1, 0.15) is 45.1 Å². The minimum atomic E-state index is -0.0986. The van der Waals surface area contributed by atoms with Gasteiger partial charge in [0.15, 0.2) is 0 Å². The summed E-state index contributed by atoms with van der Waals surface area (Å²) < 4.78 is 0. The van der Waals surface area contributed by atoms with Crippen molar-refractivity contribution >= 4 is 44.6 Å². The average Bonchev–Trinajstić information content (AvgIpc) is 3.40. The first-order chi connectivity index (χ1) is 14.2. The van der Waals surface area contributed by atoms with E-state index in [0.717, 1.165) is 33.6 Å². The highest BCUT2D eigenvalue weighted by Gasteiger charge is 2.21. The van der Waals surface area contributed by atoms with Gasteiger partial charge in [-0.3, -0.25) is 9.78 Å². The van der Waals surface area contributed by atoms with Crippen LogP contribution in [0.4, 0.5) is 5.82 Å². The van der Waals surface area contributed by atoms with Crippen LogP contribution in [0.2, 0.25) is 0 Å². The molecule has 0 saturated carbocycles. The fourth-order valence-corrected chi connectivity index (χ4v) is 5.12. The minimum Gasteiger partial charge on any atom is -0.362 e. The summed E-state index contributed by atoms with van der Waals surface area (Å²) in [5.74, 6) is 0.677. The lowest BCUT2D eigenvalue weighted by Gasteiger charge is -2.16. The molecule has 4 aromatic rings. The van der Waals surface area contributed by atoms with Crippen molar-refractivity contribution in [2.75, 3.05) is 5.32 Å². The number of nitrogens with zero attached hydrogens (tertiary/aromatic N) is 3. The van der Waals surface area contributed by atoms with Crippen LogP contribution in [-0.2, 0) is 6.54 Å². The molecule has 0 aliphatic heterocycles. The molecule has 0 aromatic carbocycles. The summed E-state index contributed by atoms with van der Waals surface area (Å²) in [5.41, 5.74) is 1.91. The smallest absolute Gasteiger partial charge is 0.261 e. The molecule has 2 N–H and O–H groups in total. The Morgan fingerprint density at radius 1 is 1.21 bits per heavy atom. The number of hydrogen-bond donors (Lipinski definition) is 2. The Balaban J connectivity index is 1.60. The maximum atomic E-state index is 12.8. The standard InChI is InChI=1S/C21H21N5OS2/c1-3-15(16-5-4-10-28-16)26-19-17-13(2)18(29-21(17)25-12-24-19)20(27)23-11-14-6-8-22-9-7-14/h4-10,12,15H,3,11H2,1-2H3,(H,23,27)(H,24,25,26). The maximum Gasteiger partial charge on any atom is 0.261 e. The molecule has 0 aliphatic rings. The van der Waals surface area contributed by atoms with Gasteiger partial charge in [-0.15, -0.1) is 22.7 Å². The van der Waals surface area contributed by atoms with Gasteiger partial charge in [0.1, 0.15) is 17.0 Å². The summed E-state index contributed by atoms with van der Waals surface area (Å²) in [7, 11) is 0. The first-order valence-electron chi connectivity index (χ1n) is 9.38. The first kappa shape index (κ1) is 19.5. The van der Waals surface area contributed by atoms with Crippen LogP contribution in [0.3, 0.4) is 0 Å². The number of carbonyl (C=O) groups is 1. The second kappa shape index (κ2) is 8.67. The van der Waals surface area contributed by atoms with Crippen molar-refractivity contribution in [3.05, 3.63) is 69.2 Å². The largest absolute Gasteiger partial charge is 0.362 e. The lowest BCUT2D eigenvalue weighted by molar-refractivity contribution is 0.0954. The van der Waals surface area contributed by atoms with Gasteiger partial charge in [0, 0.05) is 23.8 Å². The molecule has 0 fully saturated rings. The van der Waals surface area contributed by atoms with Crippen molar-refractivity contribution in [2.45, 2.75) is 32.9 Å². The number of thiophene rings is 2. The Morgan fingerprint density at radius 2 is 2.03 bits per heavy atom. The zero-order valence-electron chi connectivity index (χ0n) is 16.2. The zero-order valence-corrected chi connectivity index (χ0v) is 17.8. The Kier molecular flexibility index (Phi) is 5.82.